The average Bonchev–Trinajstić information content (AvgIpc) is 2.87. The van der Waals surface area contributed by atoms with Crippen molar-refractivity contribution in [2.24, 2.45) is 16.9 Å². The summed E-state index contributed by atoms with van der Waals surface area (Å²) < 4.78 is 3.08. The van der Waals surface area contributed by atoms with Gasteiger partial charge in [-0.15, -0.1) is 11.8 Å². The molecule has 5 rings (SSSR count). The molecule has 0 aliphatic carbocycles. The predicted molar refractivity (Wildman–Crippen MR) is 146 cm³/mol. The standard InChI is InChI=1S/C13H13N3OS.C13H13NO4S/c1-9-6-13(17)16(14-8-9)11-3-2-10-4-5-15-18-12(10)7-11;1-7(4-12(16)17)13(18)8-2-3-9-10(5-8)19-6-11(15)14-9/h2-5,7-9,15H,6H2,1H3;2-3,5,7H,4,6H2,1H3,(H,14,15)(H,16,17). The highest BCUT2D eigenvalue weighted by molar-refractivity contribution is 8.00. The van der Waals surface area contributed by atoms with Gasteiger partial charge in [-0.3, -0.25) is 19.2 Å². The number of thioether (sulfide) groups is 1. The Morgan fingerprint density at radius 1 is 1.19 bits per heavy atom. The third-order valence-electron chi connectivity index (χ3n) is 5.74. The Bertz CT molecular complexity index is 1310. The van der Waals surface area contributed by atoms with E-state index in [2.05, 4.69) is 15.1 Å². The Labute approximate surface area is 222 Å². The van der Waals surface area contributed by atoms with Gasteiger partial charge < -0.3 is 15.1 Å². The maximum absolute atomic E-state index is 12.1. The van der Waals surface area contributed by atoms with Crippen LogP contribution >= 0.6 is 23.7 Å². The van der Waals surface area contributed by atoms with Crippen molar-refractivity contribution < 1.29 is 24.3 Å². The lowest BCUT2D eigenvalue weighted by atomic mass is 9.96. The van der Waals surface area contributed by atoms with Crippen molar-refractivity contribution >= 4 is 70.9 Å². The van der Waals surface area contributed by atoms with Crippen molar-refractivity contribution in [1.29, 1.82) is 0 Å². The number of amides is 2. The molecule has 11 heteroatoms. The molecule has 0 radical (unpaired) electrons. The molecule has 3 aliphatic heterocycles. The molecule has 37 heavy (non-hydrogen) atoms. The summed E-state index contributed by atoms with van der Waals surface area (Å²) in [4.78, 5) is 47.8. The van der Waals surface area contributed by atoms with Crippen LogP contribution in [0, 0.1) is 11.8 Å². The molecule has 3 aliphatic rings. The summed E-state index contributed by atoms with van der Waals surface area (Å²) in [5.41, 5.74) is 3.16. The van der Waals surface area contributed by atoms with E-state index >= 15 is 0 Å². The number of nitrogens with one attached hydrogen (secondary N) is 2. The fraction of sp³-hybridized carbons (Fsp3) is 0.269. The van der Waals surface area contributed by atoms with Crippen LogP contribution in [0.5, 0.6) is 0 Å². The number of anilines is 2. The second kappa shape index (κ2) is 11.7. The number of ketones is 1. The number of carboxylic acids is 1. The molecule has 2 atom stereocenters. The average molecular weight is 539 g/mol. The van der Waals surface area contributed by atoms with Crippen molar-refractivity contribution in [3.63, 3.8) is 0 Å². The summed E-state index contributed by atoms with van der Waals surface area (Å²) in [6, 6.07) is 10.9. The zero-order valence-corrected chi connectivity index (χ0v) is 21.9. The van der Waals surface area contributed by atoms with Gasteiger partial charge in [0.2, 0.25) is 11.8 Å². The molecular weight excluding hydrogens is 512 g/mol. The molecule has 0 bridgehead atoms. The van der Waals surface area contributed by atoms with Crippen LogP contribution in [0.2, 0.25) is 0 Å². The van der Waals surface area contributed by atoms with E-state index < -0.39 is 11.9 Å². The van der Waals surface area contributed by atoms with Gasteiger partial charge in [0.25, 0.3) is 0 Å². The van der Waals surface area contributed by atoms with E-state index in [9.17, 15) is 19.2 Å². The fourth-order valence-electron chi connectivity index (χ4n) is 3.84. The zero-order valence-electron chi connectivity index (χ0n) is 20.3. The summed E-state index contributed by atoms with van der Waals surface area (Å²) in [6.07, 6.45) is 6.08. The molecule has 3 N–H and O–H groups in total. The Morgan fingerprint density at radius 2 is 2.00 bits per heavy atom. The molecule has 2 aromatic carbocycles. The highest BCUT2D eigenvalue weighted by Gasteiger charge is 2.23. The first-order valence-electron chi connectivity index (χ1n) is 11.6. The zero-order chi connectivity index (χ0) is 26.5. The van der Waals surface area contributed by atoms with Crippen LogP contribution in [0.15, 0.2) is 57.5 Å². The molecule has 0 spiro atoms. The summed E-state index contributed by atoms with van der Waals surface area (Å²) in [5.74, 6) is -1.19. The monoisotopic (exact) mass is 538 g/mol. The van der Waals surface area contributed by atoms with Crippen LogP contribution in [-0.4, -0.2) is 40.6 Å². The number of carbonyl (C=O) groups excluding carboxylic acids is 3. The number of carboxylic acid groups (broad SMARTS) is 1. The van der Waals surface area contributed by atoms with Crippen LogP contribution in [0.1, 0.15) is 42.6 Å². The third kappa shape index (κ3) is 6.60. The van der Waals surface area contributed by atoms with Gasteiger partial charge in [-0.05, 0) is 53.9 Å². The number of Topliss-reactive ketones (excluding diaryl/α,β-unsaturated/α-hetero) is 1. The molecular formula is C26H26N4O5S2. The normalized spacial score (nSPS) is 18.4. The number of fused-ring (bicyclic) bond motifs is 2. The molecule has 2 unspecified atom stereocenters. The number of benzene rings is 2. The van der Waals surface area contributed by atoms with Crippen LogP contribution in [-0.2, 0) is 14.4 Å². The Balaban J connectivity index is 0.000000173. The van der Waals surface area contributed by atoms with Crippen LogP contribution < -0.4 is 15.0 Å². The molecule has 9 nitrogen and oxygen atoms in total. The number of rotatable bonds is 5. The molecule has 2 amide bonds. The van der Waals surface area contributed by atoms with Crippen molar-refractivity contribution in [3.05, 3.63) is 53.7 Å². The summed E-state index contributed by atoms with van der Waals surface area (Å²) in [6.45, 7) is 3.60. The van der Waals surface area contributed by atoms with E-state index in [1.807, 2.05) is 43.6 Å². The van der Waals surface area contributed by atoms with Gasteiger partial charge >= 0.3 is 5.97 Å². The second-order valence-corrected chi connectivity index (χ2v) is 10.7. The minimum Gasteiger partial charge on any atom is -0.481 e. The summed E-state index contributed by atoms with van der Waals surface area (Å²) >= 11 is 2.92. The SMILES string of the molecule is CC(CC(=O)O)C(=O)c1ccc2c(c1)SCC(=O)N2.CC1C=NN(c2ccc3c(c2)SNC=C3)C(=O)C1. The summed E-state index contributed by atoms with van der Waals surface area (Å²) in [7, 11) is 0. The Hall–Kier alpha value is -3.57. The van der Waals surface area contributed by atoms with E-state index in [0.717, 1.165) is 21.0 Å². The predicted octanol–water partition coefficient (Wildman–Crippen LogP) is 4.65. The minimum atomic E-state index is -0.986. The van der Waals surface area contributed by atoms with Gasteiger partial charge in [-0.2, -0.15) is 5.10 Å². The highest BCUT2D eigenvalue weighted by Crippen LogP contribution is 2.33. The number of hydrogen-bond donors (Lipinski definition) is 3. The van der Waals surface area contributed by atoms with Gasteiger partial charge in [0.15, 0.2) is 5.78 Å². The maximum atomic E-state index is 12.1. The van der Waals surface area contributed by atoms with Crippen molar-refractivity contribution in [2.75, 3.05) is 16.1 Å². The van der Waals surface area contributed by atoms with Crippen LogP contribution in [0.25, 0.3) is 6.08 Å². The number of aliphatic carboxylic acids is 1. The van der Waals surface area contributed by atoms with Gasteiger partial charge in [0.1, 0.15) is 0 Å². The molecule has 0 fully saturated rings. The molecule has 0 aromatic heterocycles. The number of carbonyl (C=O) groups is 4. The molecule has 2 aromatic rings. The second-order valence-electron chi connectivity index (χ2n) is 8.84. The molecule has 3 heterocycles. The van der Waals surface area contributed by atoms with Crippen molar-refractivity contribution in [2.45, 2.75) is 36.5 Å². The van der Waals surface area contributed by atoms with E-state index in [-0.39, 0.29) is 29.9 Å². The van der Waals surface area contributed by atoms with E-state index in [1.165, 1.54) is 16.8 Å². The Kier molecular flexibility index (Phi) is 8.34. The Morgan fingerprint density at radius 3 is 2.76 bits per heavy atom. The maximum Gasteiger partial charge on any atom is 0.304 e. The van der Waals surface area contributed by atoms with E-state index in [4.69, 9.17) is 5.11 Å². The molecule has 192 valence electrons. The van der Waals surface area contributed by atoms with Gasteiger partial charge in [0.05, 0.1) is 23.5 Å². The molecule has 0 saturated heterocycles. The summed E-state index contributed by atoms with van der Waals surface area (Å²) in [5, 5.41) is 17.1. The minimum absolute atomic E-state index is 0.0502. The molecule has 0 saturated carbocycles. The quantitative estimate of drug-likeness (QED) is 0.371. The smallest absolute Gasteiger partial charge is 0.304 e. The van der Waals surface area contributed by atoms with E-state index in [1.54, 1.807) is 37.1 Å². The van der Waals surface area contributed by atoms with E-state index in [0.29, 0.717) is 23.4 Å². The van der Waals surface area contributed by atoms with Gasteiger partial charge in [0, 0.05) is 46.0 Å². The largest absolute Gasteiger partial charge is 0.481 e. The van der Waals surface area contributed by atoms with Gasteiger partial charge in [-0.1, -0.05) is 19.9 Å². The number of hydrogen-bond acceptors (Lipinski definition) is 8. The highest BCUT2D eigenvalue weighted by atomic mass is 32.2. The van der Waals surface area contributed by atoms with Crippen LogP contribution in [0.4, 0.5) is 11.4 Å². The van der Waals surface area contributed by atoms with Crippen molar-refractivity contribution in [3.8, 4) is 0 Å². The lowest BCUT2D eigenvalue weighted by Gasteiger charge is -2.24. The first-order chi connectivity index (χ1) is 17.7. The lowest BCUT2D eigenvalue weighted by molar-refractivity contribution is -0.137. The first-order valence-corrected chi connectivity index (χ1v) is 13.4. The topological polar surface area (TPSA) is 128 Å². The fourth-order valence-corrected chi connectivity index (χ4v) is 5.38. The lowest BCUT2D eigenvalue weighted by Crippen LogP contribution is -2.31. The number of nitrogens with zero attached hydrogens (tertiary/aromatic N) is 2. The van der Waals surface area contributed by atoms with Crippen LogP contribution in [0.3, 0.4) is 0 Å². The van der Waals surface area contributed by atoms with Crippen molar-refractivity contribution in [1.82, 2.24) is 4.72 Å². The first kappa shape index (κ1) is 26.5. The number of hydrazone groups is 1. The van der Waals surface area contributed by atoms with Gasteiger partial charge in [-0.25, -0.2) is 5.01 Å². The third-order valence-corrected chi connectivity index (χ3v) is 7.62.